The standard InChI is InChI=1S/C18H14ClNO4S/c1-11(17(22)12-6-8-13(19)9-7-12)23-16(21)10-25-18-20-14-4-2-3-5-15(14)24-18/h2-9,11H,10H2,1H3/t11-/m1/s1. The topological polar surface area (TPSA) is 69.4 Å². The fraction of sp³-hybridized carbons (Fsp3) is 0.167. The minimum absolute atomic E-state index is 0.00502. The zero-order valence-electron chi connectivity index (χ0n) is 13.3. The van der Waals surface area contributed by atoms with Crippen molar-refractivity contribution in [2.24, 2.45) is 0 Å². The lowest BCUT2D eigenvalue weighted by Gasteiger charge is -2.11. The van der Waals surface area contributed by atoms with Gasteiger partial charge < -0.3 is 9.15 Å². The van der Waals surface area contributed by atoms with E-state index in [2.05, 4.69) is 4.98 Å². The molecule has 0 aliphatic rings. The molecule has 0 N–H and O–H groups in total. The summed E-state index contributed by atoms with van der Waals surface area (Å²) in [5, 5.41) is 0.922. The fourth-order valence-corrected chi connectivity index (χ4v) is 2.91. The maximum Gasteiger partial charge on any atom is 0.317 e. The van der Waals surface area contributed by atoms with Crippen LogP contribution in [0.4, 0.5) is 0 Å². The third-order valence-electron chi connectivity index (χ3n) is 3.39. The van der Waals surface area contributed by atoms with Crippen LogP contribution in [-0.4, -0.2) is 28.6 Å². The summed E-state index contributed by atoms with van der Waals surface area (Å²) in [5.74, 6) is -0.788. The van der Waals surface area contributed by atoms with Gasteiger partial charge in [0, 0.05) is 10.6 Å². The Morgan fingerprint density at radius 1 is 1.20 bits per heavy atom. The van der Waals surface area contributed by atoms with E-state index in [9.17, 15) is 9.59 Å². The molecule has 2 aromatic carbocycles. The van der Waals surface area contributed by atoms with Crippen LogP contribution < -0.4 is 0 Å². The average Bonchev–Trinajstić information content (AvgIpc) is 3.03. The Morgan fingerprint density at radius 2 is 1.92 bits per heavy atom. The molecule has 0 amide bonds. The number of para-hydroxylation sites is 2. The van der Waals surface area contributed by atoms with E-state index >= 15 is 0 Å². The van der Waals surface area contributed by atoms with Crippen molar-refractivity contribution in [3.05, 3.63) is 59.1 Å². The first kappa shape index (κ1) is 17.5. The van der Waals surface area contributed by atoms with E-state index in [1.807, 2.05) is 18.2 Å². The predicted octanol–water partition coefficient (Wildman–Crippen LogP) is 4.39. The van der Waals surface area contributed by atoms with Gasteiger partial charge >= 0.3 is 5.97 Å². The number of ketones is 1. The molecule has 0 fully saturated rings. The Hall–Kier alpha value is -2.31. The van der Waals surface area contributed by atoms with E-state index in [1.165, 1.54) is 0 Å². The molecular formula is C18H14ClNO4S. The number of benzene rings is 2. The van der Waals surface area contributed by atoms with Gasteiger partial charge in [-0.2, -0.15) is 0 Å². The number of carbonyl (C=O) groups is 2. The van der Waals surface area contributed by atoms with E-state index in [0.717, 1.165) is 17.3 Å². The molecule has 7 heteroatoms. The molecule has 3 aromatic rings. The normalized spacial score (nSPS) is 12.1. The number of esters is 1. The van der Waals surface area contributed by atoms with Crippen molar-refractivity contribution in [2.75, 3.05) is 5.75 Å². The number of aromatic nitrogens is 1. The summed E-state index contributed by atoms with van der Waals surface area (Å²) < 4.78 is 10.7. The number of halogens is 1. The van der Waals surface area contributed by atoms with Gasteiger partial charge in [-0.3, -0.25) is 9.59 Å². The molecule has 0 aliphatic carbocycles. The molecule has 0 unspecified atom stereocenters. The van der Waals surface area contributed by atoms with E-state index in [-0.39, 0.29) is 11.5 Å². The van der Waals surface area contributed by atoms with E-state index in [1.54, 1.807) is 37.3 Å². The smallest absolute Gasteiger partial charge is 0.317 e. The summed E-state index contributed by atoms with van der Waals surface area (Å²) >= 11 is 6.92. The second-order valence-corrected chi connectivity index (χ2v) is 6.60. The zero-order valence-corrected chi connectivity index (χ0v) is 14.8. The van der Waals surface area contributed by atoms with Crippen molar-refractivity contribution in [1.29, 1.82) is 0 Å². The maximum atomic E-state index is 12.2. The number of hydrogen-bond donors (Lipinski definition) is 0. The van der Waals surface area contributed by atoms with Crippen LogP contribution in [0.2, 0.25) is 5.02 Å². The second kappa shape index (κ2) is 7.72. The summed E-state index contributed by atoms with van der Waals surface area (Å²) in [6, 6.07) is 13.8. The first-order chi connectivity index (χ1) is 12.0. The van der Waals surface area contributed by atoms with Crippen molar-refractivity contribution in [3.63, 3.8) is 0 Å². The molecule has 25 heavy (non-hydrogen) atoms. The number of nitrogens with zero attached hydrogens (tertiary/aromatic N) is 1. The van der Waals surface area contributed by atoms with E-state index in [4.69, 9.17) is 20.8 Å². The van der Waals surface area contributed by atoms with Gasteiger partial charge in [-0.05, 0) is 43.3 Å². The average molecular weight is 376 g/mol. The SMILES string of the molecule is C[C@@H](OC(=O)CSc1nc2ccccc2o1)C(=O)c1ccc(Cl)cc1. The molecule has 1 aromatic heterocycles. The van der Waals surface area contributed by atoms with Gasteiger partial charge in [-0.15, -0.1) is 0 Å². The molecule has 0 spiro atoms. The van der Waals surface area contributed by atoms with Gasteiger partial charge in [0.1, 0.15) is 11.3 Å². The number of rotatable bonds is 6. The van der Waals surface area contributed by atoms with Crippen LogP contribution in [0.25, 0.3) is 11.1 Å². The third kappa shape index (κ3) is 4.41. The molecular weight excluding hydrogens is 362 g/mol. The number of thioether (sulfide) groups is 1. The quantitative estimate of drug-likeness (QED) is 0.361. The third-order valence-corrected chi connectivity index (χ3v) is 4.45. The number of Topliss-reactive ketones (excluding diaryl/α,β-unsaturated/α-hetero) is 1. The summed E-state index contributed by atoms with van der Waals surface area (Å²) in [7, 11) is 0. The first-order valence-corrected chi connectivity index (χ1v) is 8.87. The predicted molar refractivity (Wildman–Crippen MR) is 96.1 cm³/mol. The van der Waals surface area contributed by atoms with Crippen molar-refractivity contribution in [1.82, 2.24) is 4.98 Å². The van der Waals surface area contributed by atoms with Gasteiger partial charge in [0.05, 0.1) is 0 Å². The highest BCUT2D eigenvalue weighted by atomic mass is 35.5. The van der Waals surface area contributed by atoms with E-state index in [0.29, 0.717) is 21.4 Å². The van der Waals surface area contributed by atoms with Crippen molar-refractivity contribution >= 4 is 46.2 Å². The lowest BCUT2D eigenvalue weighted by molar-refractivity contribution is -0.143. The van der Waals surface area contributed by atoms with Crippen molar-refractivity contribution < 1.29 is 18.7 Å². The van der Waals surface area contributed by atoms with Crippen LogP contribution >= 0.6 is 23.4 Å². The minimum Gasteiger partial charge on any atom is -0.454 e. The Labute approximate surface area is 153 Å². The maximum absolute atomic E-state index is 12.2. The highest BCUT2D eigenvalue weighted by Gasteiger charge is 2.20. The van der Waals surface area contributed by atoms with Gasteiger partial charge in [0.15, 0.2) is 11.7 Å². The Morgan fingerprint density at radius 3 is 2.64 bits per heavy atom. The molecule has 0 bridgehead atoms. The van der Waals surface area contributed by atoms with Gasteiger partial charge in [-0.1, -0.05) is 35.5 Å². The van der Waals surface area contributed by atoms with Crippen LogP contribution in [0.1, 0.15) is 17.3 Å². The monoisotopic (exact) mass is 375 g/mol. The molecule has 1 atom stereocenters. The molecule has 3 rings (SSSR count). The number of fused-ring (bicyclic) bond motifs is 1. The molecule has 0 radical (unpaired) electrons. The van der Waals surface area contributed by atoms with Crippen LogP contribution in [0, 0.1) is 0 Å². The van der Waals surface area contributed by atoms with Crippen LogP contribution in [-0.2, 0) is 9.53 Å². The largest absolute Gasteiger partial charge is 0.454 e. The summed E-state index contributed by atoms with van der Waals surface area (Å²) in [5.41, 5.74) is 1.82. The number of carbonyl (C=O) groups excluding carboxylic acids is 2. The summed E-state index contributed by atoms with van der Waals surface area (Å²) in [6.45, 7) is 1.54. The lowest BCUT2D eigenvalue weighted by atomic mass is 10.1. The number of ether oxygens (including phenoxy) is 1. The van der Waals surface area contributed by atoms with Crippen LogP contribution in [0.5, 0.6) is 0 Å². The minimum atomic E-state index is -0.877. The summed E-state index contributed by atoms with van der Waals surface area (Å²) in [6.07, 6.45) is -0.877. The molecule has 1 heterocycles. The molecule has 0 saturated heterocycles. The highest BCUT2D eigenvalue weighted by molar-refractivity contribution is 7.99. The van der Waals surface area contributed by atoms with Crippen molar-refractivity contribution in [3.8, 4) is 0 Å². The molecule has 128 valence electrons. The van der Waals surface area contributed by atoms with Gasteiger partial charge in [0.25, 0.3) is 5.22 Å². The Kier molecular flexibility index (Phi) is 5.40. The van der Waals surface area contributed by atoms with Gasteiger partial charge in [0.2, 0.25) is 5.78 Å². The second-order valence-electron chi connectivity index (χ2n) is 5.24. The van der Waals surface area contributed by atoms with Crippen molar-refractivity contribution in [2.45, 2.75) is 18.3 Å². The fourth-order valence-electron chi connectivity index (χ4n) is 2.17. The Bertz CT molecular complexity index is 874. The van der Waals surface area contributed by atoms with Crippen LogP contribution in [0.15, 0.2) is 58.2 Å². The first-order valence-electron chi connectivity index (χ1n) is 7.50. The Balaban J connectivity index is 1.54. The highest BCUT2D eigenvalue weighted by Crippen LogP contribution is 2.23. The molecule has 0 aliphatic heterocycles. The zero-order chi connectivity index (χ0) is 17.8. The summed E-state index contributed by atoms with van der Waals surface area (Å²) in [4.78, 5) is 28.4. The number of hydrogen-bond acceptors (Lipinski definition) is 6. The lowest BCUT2D eigenvalue weighted by Crippen LogP contribution is -2.25. The molecule has 5 nitrogen and oxygen atoms in total. The van der Waals surface area contributed by atoms with E-state index < -0.39 is 12.1 Å². The number of oxazole rings is 1. The van der Waals surface area contributed by atoms with Crippen LogP contribution in [0.3, 0.4) is 0 Å². The molecule has 0 saturated carbocycles. The van der Waals surface area contributed by atoms with Gasteiger partial charge in [-0.25, -0.2) is 4.98 Å².